The molecule has 4 nitrogen and oxygen atoms in total. The van der Waals surface area contributed by atoms with Crippen molar-refractivity contribution < 1.29 is 4.74 Å². The summed E-state index contributed by atoms with van der Waals surface area (Å²) in [5.74, 6) is 1.34. The molecule has 112 valence electrons. The van der Waals surface area contributed by atoms with E-state index in [0.717, 1.165) is 18.7 Å². The van der Waals surface area contributed by atoms with Gasteiger partial charge in [-0.15, -0.1) is 5.10 Å². The number of nitrogens with one attached hydrogen (secondary N) is 1. The van der Waals surface area contributed by atoms with Crippen molar-refractivity contribution in [3.05, 3.63) is 17.8 Å². The summed E-state index contributed by atoms with van der Waals surface area (Å²) in [4.78, 5) is 0. The molecule has 2 atom stereocenters. The number of hydrogen-bond acceptors (Lipinski definition) is 4. The maximum atomic E-state index is 6.05. The number of nitrogens with zero attached hydrogens (tertiary/aromatic N) is 2. The van der Waals surface area contributed by atoms with Gasteiger partial charge in [0, 0.05) is 18.7 Å². The van der Waals surface area contributed by atoms with E-state index in [1.54, 1.807) is 0 Å². The molecule has 2 rings (SSSR count). The zero-order valence-electron chi connectivity index (χ0n) is 12.9. The van der Waals surface area contributed by atoms with Gasteiger partial charge in [0.05, 0.1) is 5.69 Å². The maximum absolute atomic E-state index is 6.05. The molecule has 0 radical (unpaired) electrons. The second-order valence-corrected chi connectivity index (χ2v) is 6.01. The van der Waals surface area contributed by atoms with Gasteiger partial charge in [0.15, 0.2) is 0 Å². The highest BCUT2D eigenvalue weighted by atomic mass is 16.5. The summed E-state index contributed by atoms with van der Waals surface area (Å²) in [6.45, 7) is 7.25. The molecule has 1 saturated carbocycles. The average Bonchev–Trinajstić information content (AvgIpc) is 2.47. The van der Waals surface area contributed by atoms with Gasteiger partial charge in [0.2, 0.25) is 5.88 Å². The highest BCUT2D eigenvalue weighted by Crippen LogP contribution is 2.29. The highest BCUT2D eigenvalue weighted by molar-refractivity contribution is 5.12. The Morgan fingerprint density at radius 1 is 1.25 bits per heavy atom. The second-order valence-electron chi connectivity index (χ2n) is 6.01. The maximum Gasteiger partial charge on any atom is 0.233 e. The number of ether oxygens (including phenoxy) is 1. The van der Waals surface area contributed by atoms with E-state index in [-0.39, 0.29) is 0 Å². The van der Waals surface area contributed by atoms with Crippen LogP contribution in [0.25, 0.3) is 0 Å². The van der Waals surface area contributed by atoms with Crippen LogP contribution in [0.1, 0.15) is 58.6 Å². The molecule has 1 aliphatic carbocycles. The van der Waals surface area contributed by atoms with Gasteiger partial charge in [-0.2, -0.15) is 5.10 Å². The predicted octanol–water partition coefficient (Wildman–Crippen LogP) is 3.32. The Kier molecular flexibility index (Phi) is 5.77. The van der Waals surface area contributed by atoms with Crippen LogP contribution in [-0.4, -0.2) is 22.3 Å². The van der Waals surface area contributed by atoms with Crippen molar-refractivity contribution in [1.82, 2.24) is 15.5 Å². The molecule has 0 bridgehead atoms. The third kappa shape index (κ3) is 4.44. The molecule has 1 N–H and O–H groups in total. The lowest BCUT2D eigenvalue weighted by Gasteiger charge is -2.30. The fourth-order valence-electron chi connectivity index (χ4n) is 2.76. The topological polar surface area (TPSA) is 47.0 Å². The fourth-order valence-corrected chi connectivity index (χ4v) is 2.76. The zero-order valence-corrected chi connectivity index (χ0v) is 12.9. The summed E-state index contributed by atoms with van der Waals surface area (Å²) in [7, 11) is 0. The van der Waals surface area contributed by atoms with Crippen LogP contribution < -0.4 is 10.1 Å². The van der Waals surface area contributed by atoms with Crippen molar-refractivity contribution in [2.75, 3.05) is 0 Å². The van der Waals surface area contributed by atoms with Gasteiger partial charge >= 0.3 is 0 Å². The Morgan fingerprint density at radius 2 is 2.05 bits per heavy atom. The van der Waals surface area contributed by atoms with Gasteiger partial charge in [-0.1, -0.05) is 27.2 Å². The van der Waals surface area contributed by atoms with E-state index in [1.807, 2.05) is 12.1 Å². The Balaban J connectivity index is 1.89. The minimum atomic E-state index is 0.322. The molecule has 2 unspecified atom stereocenters. The lowest BCUT2D eigenvalue weighted by atomic mass is 9.85. The summed E-state index contributed by atoms with van der Waals surface area (Å²) in [5, 5.41) is 11.8. The molecule has 4 heteroatoms. The van der Waals surface area contributed by atoms with Crippen LogP contribution in [0.15, 0.2) is 12.1 Å². The monoisotopic (exact) mass is 277 g/mol. The van der Waals surface area contributed by atoms with Crippen molar-refractivity contribution in [3.8, 4) is 5.88 Å². The smallest absolute Gasteiger partial charge is 0.233 e. The Morgan fingerprint density at radius 3 is 2.70 bits per heavy atom. The van der Waals surface area contributed by atoms with E-state index in [1.165, 1.54) is 25.7 Å². The van der Waals surface area contributed by atoms with Gasteiger partial charge in [-0.3, -0.25) is 0 Å². The summed E-state index contributed by atoms with van der Waals surface area (Å²) in [6, 6.07) is 4.41. The SMILES string of the molecule is CCC1CCCCC1Oc1ccc(CNC(C)C)nn1. The van der Waals surface area contributed by atoms with Crippen LogP contribution in [-0.2, 0) is 6.54 Å². The van der Waals surface area contributed by atoms with Crippen LogP contribution >= 0.6 is 0 Å². The third-order valence-electron chi connectivity index (χ3n) is 4.02. The predicted molar refractivity (Wildman–Crippen MR) is 80.7 cm³/mol. The number of rotatable bonds is 6. The molecule has 0 amide bonds. The Hall–Kier alpha value is -1.16. The molecule has 0 aromatic carbocycles. The van der Waals surface area contributed by atoms with Crippen LogP contribution in [0.5, 0.6) is 5.88 Å². The van der Waals surface area contributed by atoms with E-state index in [2.05, 4.69) is 36.3 Å². The van der Waals surface area contributed by atoms with Gasteiger partial charge < -0.3 is 10.1 Å². The van der Waals surface area contributed by atoms with E-state index >= 15 is 0 Å². The summed E-state index contributed by atoms with van der Waals surface area (Å²) in [5.41, 5.74) is 0.960. The normalized spacial score (nSPS) is 23.0. The van der Waals surface area contributed by atoms with Crippen LogP contribution in [0.3, 0.4) is 0 Å². The summed E-state index contributed by atoms with van der Waals surface area (Å²) >= 11 is 0. The first-order chi connectivity index (χ1) is 9.69. The van der Waals surface area contributed by atoms with Crippen LogP contribution in [0.4, 0.5) is 0 Å². The fraction of sp³-hybridized carbons (Fsp3) is 0.750. The van der Waals surface area contributed by atoms with Crippen LogP contribution in [0, 0.1) is 5.92 Å². The van der Waals surface area contributed by atoms with Crippen molar-refractivity contribution in [2.45, 2.75) is 71.6 Å². The first-order valence-corrected chi connectivity index (χ1v) is 7.91. The average molecular weight is 277 g/mol. The van der Waals surface area contributed by atoms with E-state index in [4.69, 9.17) is 4.74 Å². The molecule has 1 aromatic rings. The number of aromatic nitrogens is 2. The molecule has 1 aromatic heterocycles. The minimum Gasteiger partial charge on any atom is -0.473 e. The molecular formula is C16H27N3O. The molecular weight excluding hydrogens is 250 g/mol. The Labute approximate surface area is 122 Å². The molecule has 1 aliphatic rings. The summed E-state index contributed by atoms with van der Waals surface area (Å²) in [6.07, 6.45) is 6.55. The van der Waals surface area contributed by atoms with E-state index in [0.29, 0.717) is 23.9 Å². The second kappa shape index (κ2) is 7.58. The first-order valence-electron chi connectivity index (χ1n) is 7.91. The molecule has 0 aliphatic heterocycles. The van der Waals surface area contributed by atoms with Crippen molar-refractivity contribution in [1.29, 1.82) is 0 Å². The van der Waals surface area contributed by atoms with Crippen LogP contribution in [0.2, 0.25) is 0 Å². The van der Waals surface area contributed by atoms with E-state index in [9.17, 15) is 0 Å². The standard InChI is InChI=1S/C16H27N3O/c1-4-13-7-5-6-8-15(13)20-16-10-9-14(18-19-16)11-17-12(2)3/h9-10,12-13,15,17H,4-8,11H2,1-3H3. The van der Waals surface area contributed by atoms with Crippen molar-refractivity contribution >= 4 is 0 Å². The minimum absolute atomic E-state index is 0.322. The molecule has 0 spiro atoms. The zero-order chi connectivity index (χ0) is 14.4. The van der Waals surface area contributed by atoms with Gasteiger partial charge in [-0.25, -0.2) is 0 Å². The summed E-state index contributed by atoms with van der Waals surface area (Å²) < 4.78 is 6.05. The lowest BCUT2D eigenvalue weighted by molar-refractivity contribution is 0.0847. The third-order valence-corrected chi connectivity index (χ3v) is 4.02. The molecule has 1 fully saturated rings. The largest absolute Gasteiger partial charge is 0.473 e. The van der Waals surface area contributed by atoms with Gasteiger partial charge in [-0.05, 0) is 37.7 Å². The molecule has 1 heterocycles. The molecule has 0 saturated heterocycles. The van der Waals surface area contributed by atoms with Crippen molar-refractivity contribution in [3.63, 3.8) is 0 Å². The van der Waals surface area contributed by atoms with Gasteiger partial charge in [0.1, 0.15) is 6.10 Å². The quantitative estimate of drug-likeness (QED) is 0.866. The van der Waals surface area contributed by atoms with Crippen molar-refractivity contribution in [2.24, 2.45) is 5.92 Å². The first kappa shape index (κ1) is 15.2. The molecule has 20 heavy (non-hydrogen) atoms. The van der Waals surface area contributed by atoms with E-state index < -0.39 is 0 Å². The lowest BCUT2D eigenvalue weighted by Crippen LogP contribution is -2.30. The van der Waals surface area contributed by atoms with Gasteiger partial charge in [0.25, 0.3) is 0 Å². The highest BCUT2D eigenvalue weighted by Gasteiger charge is 2.25. The Bertz CT molecular complexity index is 391. The number of hydrogen-bond donors (Lipinski definition) is 1.